The van der Waals surface area contributed by atoms with Gasteiger partial charge in [-0.1, -0.05) is 6.07 Å². The lowest BCUT2D eigenvalue weighted by Crippen LogP contribution is -2.23. The molecule has 0 amide bonds. The normalized spacial score (nSPS) is 11.9. The lowest BCUT2D eigenvalue weighted by Gasteiger charge is -2.14. The van der Waals surface area contributed by atoms with Crippen LogP contribution in [0.2, 0.25) is 0 Å². The van der Waals surface area contributed by atoms with Gasteiger partial charge in [-0.15, -0.1) is 0 Å². The highest BCUT2D eigenvalue weighted by Crippen LogP contribution is 2.29. The molecular formula is C22H20F2N4O2S. The molecule has 160 valence electrons. The molecule has 0 aliphatic rings. The molecule has 0 spiro atoms. The monoisotopic (exact) mass is 442 g/mol. The van der Waals surface area contributed by atoms with Gasteiger partial charge in [0.05, 0.1) is 10.9 Å². The van der Waals surface area contributed by atoms with E-state index >= 15 is 4.39 Å². The van der Waals surface area contributed by atoms with Crippen LogP contribution in [-0.4, -0.2) is 28.6 Å². The van der Waals surface area contributed by atoms with E-state index in [1.54, 1.807) is 24.8 Å². The van der Waals surface area contributed by atoms with Crippen LogP contribution in [0.5, 0.6) is 0 Å². The van der Waals surface area contributed by atoms with Crippen LogP contribution >= 0.6 is 0 Å². The first-order valence-corrected chi connectivity index (χ1v) is 11.2. The average molecular weight is 442 g/mol. The number of nitrogens with one attached hydrogen (secondary N) is 2. The Bertz CT molecular complexity index is 1350. The number of H-pyrrole nitrogens is 1. The second kappa shape index (κ2) is 8.07. The molecule has 0 bridgehead atoms. The highest BCUT2D eigenvalue weighted by Gasteiger charge is 2.21. The van der Waals surface area contributed by atoms with E-state index in [0.717, 1.165) is 23.3 Å². The van der Waals surface area contributed by atoms with Gasteiger partial charge in [-0.25, -0.2) is 22.2 Å². The predicted octanol–water partition coefficient (Wildman–Crippen LogP) is 4.64. The van der Waals surface area contributed by atoms with Crippen molar-refractivity contribution in [3.8, 4) is 11.1 Å². The average Bonchev–Trinajstić information content (AvgIpc) is 3.15. The van der Waals surface area contributed by atoms with Crippen LogP contribution in [0, 0.1) is 11.6 Å². The van der Waals surface area contributed by atoms with Gasteiger partial charge in [0.25, 0.3) is 0 Å². The second-order valence-corrected chi connectivity index (χ2v) is 9.67. The standard InChI is InChI=1S/C22H20F2N4O2S/c1-13(2)31(29,30)28-20-6-5-19(23)18(21(20)24)9-16-12-27-22-17(16)8-15(11-26-22)14-4-3-7-25-10-14/h3-8,10-13,28H,9H2,1-2H3,(H,26,27). The zero-order valence-electron chi connectivity index (χ0n) is 16.9. The minimum absolute atomic E-state index is 0.0763. The summed E-state index contributed by atoms with van der Waals surface area (Å²) >= 11 is 0. The summed E-state index contributed by atoms with van der Waals surface area (Å²) in [6.45, 7) is 2.95. The summed E-state index contributed by atoms with van der Waals surface area (Å²) in [6, 6.07) is 7.74. The van der Waals surface area contributed by atoms with E-state index in [9.17, 15) is 12.8 Å². The number of benzene rings is 1. The Labute approximate surface area is 178 Å². The van der Waals surface area contributed by atoms with E-state index < -0.39 is 26.9 Å². The number of fused-ring (bicyclic) bond motifs is 1. The first kappa shape index (κ1) is 20.9. The van der Waals surface area contributed by atoms with Crippen molar-refractivity contribution in [2.24, 2.45) is 0 Å². The fourth-order valence-corrected chi connectivity index (χ4v) is 3.90. The summed E-state index contributed by atoms with van der Waals surface area (Å²) in [5.74, 6) is -1.69. The van der Waals surface area contributed by atoms with Crippen LogP contribution in [0.1, 0.15) is 25.0 Å². The van der Waals surface area contributed by atoms with E-state index in [0.29, 0.717) is 16.6 Å². The van der Waals surface area contributed by atoms with Crippen molar-refractivity contribution in [3.05, 3.63) is 77.9 Å². The summed E-state index contributed by atoms with van der Waals surface area (Å²) in [7, 11) is -3.77. The maximum Gasteiger partial charge on any atom is 0.235 e. The van der Waals surface area contributed by atoms with Crippen molar-refractivity contribution in [1.29, 1.82) is 0 Å². The SMILES string of the molecule is CC(C)S(=O)(=O)Nc1ccc(F)c(Cc2c[nH]c3ncc(-c4cccnc4)cc23)c1F. The van der Waals surface area contributed by atoms with Crippen molar-refractivity contribution in [2.45, 2.75) is 25.5 Å². The quantitative estimate of drug-likeness (QED) is 0.455. The highest BCUT2D eigenvalue weighted by molar-refractivity contribution is 7.93. The minimum Gasteiger partial charge on any atom is -0.346 e. The van der Waals surface area contributed by atoms with Crippen LogP contribution in [-0.2, 0) is 16.4 Å². The maximum atomic E-state index is 15.1. The summed E-state index contributed by atoms with van der Waals surface area (Å²) < 4.78 is 56.0. The molecule has 4 rings (SSSR count). The molecule has 0 fully saturated rings. The number of hydrogen-bond acceptors (Lipinski definition) is 4. The van der Waals surface area contributed by atoms with Crippen LogP contribution in [0.3, 0.4) is 0 Å². The molecule has 0 saturated carbocycles. The van der Waals surface area contributed by atoms with Gasteiger partial charge >= 0.3 is 0 Å². The Hall–Kier alpha value is -3.33. The first-order valence-electron chi connectivity index (χ1n) is 9.61. The third-order valence-corrected chi connectivity index (χ3v) is 6.78. The molecule has 0 saturated heterocycles. The van der Waals surface area contributed by atoms with Crippen LogP contribution in [0.25, 0.3) is 22.2 Å². The molecule has 0 radical (unpaired) electrons. The molecule has 0 aliphatic heterocycles. The van der Waals surface area contributed by atoms with Crippen molar-refractivity contribution in [2.75, 3.05) is 4.72 Å². The molecule has 31 heavy (non-hydrogen) atoms. The summed E-state index contributed by atoms with van der Waals surface area (Å²) in [5.41, 5.74) is 2.40. The smallest absolute Gasteiger partial charge is 0.235 e. The Morgan fingerprint density at radius 3 is 2.65 bits per heavy atom. The number of aromatic amines is 1. The third kappa shape index (κ3) is 4.13. The van der Waals surface area contributed by atoms with E-state index in [1.807, 2.05) is 18.2 Å². The van der Waals surface area contributed by atoms with Gasteiger partial charge in [-0.3, -0.25) is 9.71 Å². The predicted molar refractivity (Wildman–Crippen MR) is 116 cm³/mol. The van der Waals surface area contributed by atoms with Gasteiger partial charge in [0.2, 0.25) is 10.0 Å². The molecule has 1 aromatic carbocycles. The summed E-state index contributed by atoms with van der Waals surface area (Å²) in [4.78, 5) is 11.5. The lowest BCUT2D eigenvalue weighted by molar-refractivity contribution is 0.562. The number of halogens is 2. The lowest BCUT2D eigenvalue weighted by atomic mass is 10.0. The van der Waals surface area contributed by atoms with E-state index in [4.69, 9.17) is 0 Å². The topological polar surface area (TPSA) is 87.7 Å². The molecule has 3 heterocycles. The fourth-order valence-electron chi connectivity index (χ4n) is 3.20. The number of aromatic nitrogens is 3. The molecule has 0 atom stereocenters. The number of hydrogen-bond donors (Lipinski definition) is 2. The Kier molecular flexibility index (Phi) is 5.45. The molecule has 2 N–H and O–H groups in total. The Morgan fingerprint density at radius 1 is 1.13 bits per heavy atom. The number of nitrogens with zero attached hydrogens (tertiary/aromatic N) is 2. The maximum absolute atomic E-state index is 15.1. The molecule has 0 unspecified atom stereocenters. The largest absolute Gasteiger partial charge is 0.346 e. The highest BCUT2D eigenvalue weighted by atomic mass is 32.2. The zero-order chi connectivity index (χ0) is 22.2. The first-order chi connectivity index (χ1) is 14.8. The number of anilines is 1. The Balaban J connectivity index is 1.73. The molecule has 4 aromatic rings. The van der Waals surface area contributed by atoms with Gasteiger partial charge in [0.1, 0.15) is 11.5 Å². The molecule has 3 aromatic heterocycles. The number of rotatable bonds is 6. The summed E-state index contributed by atoms with van der Waals surface area (Å²) in [5, 5.41) is -0.0423. The molecule has 9 heteroatoms. The van der Waals surface area contributed by atoms with Gasteiger partial charge in [0.15, 0.2) is 5.82 Å². The van der Waals surface area contributed by atoms with Crippen molar-refractivity contribution < 1.29 is 17.2 Å². The van der Waals surface area contributed by atoms with Crippen LogP contribution in [0.4, 0.5) is 14.5 Å². The second-order valence-electron chi connectivity index (χ2n) is 7.44. The zero-order valence-corrected chi connectivity index (χ0v) is 17.7. The van der Waals surface area contributed by atoms with Crippen molar-refractivity contribution in [3.63, 3.8) is 0 Å². The van der Waals surface area contributed by atoms with E-state index in [2.05, 4.69) is 19.7 Å². The molecule has 0 aliphatic carbocycles. The minimum atomic E-state index is -3.77. The van der Waals surface area contributed by atoms with Crippen LogP contribution < -0.4 is 4.72 Å². The molecular weight excluding hydrogens is 422 g/mol. The van der Waals surface area contributed by atoms with Gasteiger partial charge in [0, 0.05) is 53.3 Å². The van der Waals surface area contributed by atoms with Crippen molar-refractivity contribution in [1.82, 2.24) is 15.0 Å². The van der Waals surface area contributed by atoms with E-state index in [1.165, 1.54) is 13.8 Å². The number of sulfonamides is 1. The van der Waals surface area contributed by atoms with Crippen LogP contribution in [0.15, 0.2) is 55.1 Å². The Morgan fingerprint density at radius 2 is 1.94 bits per heavy atom. The summed E-state index contributed by atoms with van der Waals surface area (Å²) in [6.07, 6.45) is 6.64. The molecule has 6 nitrogen and oxygen atoms in total. The van der Waals surface area contributed by atoms with Gasteiger partial charge < -0.3 is 4.98 Å². The van der Waals surface area contributed by atoms with Gasteiger partial charge in [-0.2, -0.15) is 0 Å². The number of pyridine rings is 2. The van der Waals surface area contributed by atoms with Gasteiger partial charge in [-0.05, 0) is 43.7 Å². The third-order valence-electron chi connectivity index (χ3n) is 5.04. The fraction of sp³-hybridized carbons (Fsp3) is 0.182. The van der Waals surface area contributed by atoms with Crippen molar-refractivity contribution >= 4 is 26.7 Å². The van der Waals surface area contributed by atoms with E-state index in [-0.39, 0.29) is 17.7 Å².